The number of ether oxygens (including phenoxy) is 1. The van der Waals surface area contributed by atoms with Crippen LogP contribution in [0.25, 0.3) is 0 Å². The first kappa shape index (κ1) is 17.1. The third kappa shape index (κ3) is 2.65. The van der Waals surface area contributed by atoms with Gasteiger partial charge < -0.3 is 9.84 Å². The summed E-state index contributed by atoms with van der Waals surface area (Å²) in [5.41, 5.74) is 3.71. The van der Waals surface area contributed by atoms with Gasteiger partial charge >= 0.3 is 0 Å². The second-order valence-corrected chi connectivity index (χ2v) is 9.29. The van der Waals surface area contributed by atoms with Crippen LogP contribution in [0.5, 0.6) is 5.75 Å². The minimum atomic E-state index is -0.483. The van der Waals surface area contributed by atoms with Crippen LogP contribution in [0.1, 0.15) is 69.9 Å². The van der Waals surface area contributed by atoms with E-state index in [2.05, 4.69) is 38.6 Å². The standard InChI is InChI=1S/C23H32O2/c1-15(2)14-25-17-6-8-18-16(13-17)5-7-20-19(18)9-11-22(3)21(20)10-12-23(22,4)24/h6,8,13,19-21,24H,1,5,7,9-12,14H2,2-4H3/t19-,20+,21+,22+,23+/m0/s1. The molecular weight excluding hydrogens is 308 g/mol. The Bertz CT molecular complexity index is 689. The fourth-order valence-corrected chi connectivity index (χ4v) is 6.10. The van der Waals surface area contributed by atoms with E-state index >= 15 is 0 Å². The number of hydrogen-bond acceptors (Lipinski definition) is 2. The first-order chi connectivity index (χ1) is 11.8. The van der Waals surface area contributed by atoms with Gasteiger partial charge in [-0.2, -0.15) is 0 Å². The van der Waals surface area contributed by atoms with Crippen LogP contribution in [0.3, 0.4) is 0 Å². The smallest absolute Gasteiger partial charge is 0.120 e. The largest absolute Gasteiger partial charge is 0.489 e. The summed E-state index contributed by atoms with van der Waals surface area (Å²) >= 11 is 0. The van der Waals surface area contributed by atoms with Gasteiger partial charge in [0, 0.05) is 0 Å². The first-order valence-corrected chi connectivity index (χ1v) is 9.94. The van der Waals surface area contributed by atoms with Gasteiger partial charge in [-0.05, 0) is 104 Å². The number of fused-ring (bicyclic) bond motifs is 5. The lowest BCUT2D eigenvalue weighted by Crippen LogP contribution is -2.49. The van der Waals surface area contributed by atoms with Crippen LogP contribution in [-0.4, -0.2) is 17.3 Å². The van der Waals surface area contributed by atoms with Gasteiger partial charge in [0.05, 0.1) is 5.60 Å². The maximum Gasteiger partial charge on any atom is 0.120 e. The quantitative estimate of drug-likeness (QED) is 0.762. The highest BCUT2D eigenvalue weighted by Crippen LogP contribution is 2.64. The molecule has 0 aromatic heterocycles. The van der Waals surface area contributed by atoms with E-state index in [0.29, 0.717) is 18.4 Å². The second kappa shape index (κ2) is 5.87. The Morgan fingerprint density at radius 1 is 1.24 bits per heavy atom. The molecule has 0 heterocycles. The zero-order chi connectivity index (χ0) is 17.8. The molecule has 0 spiro atoms. The summed E-state index contributed by atoms with van der Waals surface area (Å²) in [6.45, 7) is 10.9. The minimum absolute atomic E-state index is 0.107. The average Bonchev–Trinajstić information content (AvgIpc) is 2.82. The molecule has 0 radical (unpaired) electrons. The maximum atomic E-state index is 11.0. The number of aliphatic hydroxyl groups is 1. The molecule has 25 heavy (non-hydrogen) atoms. The summed E-state index contributed by atoms with van der Waals surface area (Å²) in [6.07, 6.45) is 6.94. The molecule has 2 saturated carbocycles. The fraction of sp³-hybridized carbons (Fsp3) is 0.652. The predicted molar refractivity (Wildman–Crippen MR) is 102 cm³/mol. The highest BCUT2D eigenvalue weighted by molar-refractivity contribution is 5.41. The zero-order valence-electron chi connectivity index (χ0n) is 16.0. The number of benzene rings is 1. The summed E-state index contributed by atoms with van der Waals surface area (Å²) in [7, 11) is 0. The van der Waals surface area contributed by atoms with Crippen molar-refractivity contribution in [1.82, 2.24) is 0 Å². The van der Waals surface area contributed by atoms with Gasteiger partial charge in [-0.1, -0.05) is 19.6 Å². The summed E-state index contributed by atoms with van der Waals surface area (Å²) in [6, 6.07) is 6.71. The van der Waals surface area contributed by atoms with E-state index in [1.165, 1.54) is 24.8 Å². The third-order valence-electron chi connectivity index (χ3n) is 7.75. The van der Waals surface area contributed by atoms with Crippen LogP contribution in [0.4, 0.5) is 0 Å². The molecule has 0 amide bonds. The fourth-order valence-electron chi connectivity index (χ4n) is 6.10. The van der Waals surface area contributed by atoms with E-state index in [9.17, 15) is 5.11 Å². The molecule has 0 unspecified atom stereocenters. The zero-order valence-corrected chi connectivity index (χ0v) is 16.0. The SMILES string of the molecule is C=C(C)COc1ccc2c(c1)CC[C@H]1[C@H]3CC[C@@](C)(O)[C@]3(C)CC[C@@H]21. The maximum absolute atomic E-state index is 11.0. The van der Waals surface area contributed by atoms with E-state index in [-0.39, 0.29) is 5.41 Å². The third-order valence-corrected chi connectivity index (χ3v) is 7.75. The Morgan fingerprint density at radius 3 is 2.80 bits per heavy atom. The molecule has 1 aromatic carbocycles. The van der Waals surface area contributed by atoms with Crippen molar-refractivity contribution in [2.24, 2.45) is 17.3 Å². The van der Waals surface area contributed by atoms with Gasteiger partial charge in [0.1, 0.15) is 12.4 Å². The Hall–Kier alpha value is -1.28. The second-order valence-electron chi connectivity index (χ2n) is 9.29. The van der Waals surface area contributed by atoms with Crippen molar-refractivity contribution in [3.63, 3.8) is 0 Å². The van der Waals surface area contributed by atoms with Crippen molar-refractivity contribution >= 4 is 0 Å². The molecule has 1 N–H and O–H groups in total. The highest BCUT2D eigenvalue weighted by atomic mass is 16.5. The molecule has 0 saturated heterocycles. The monoisotopic (exact) mass is 340 g/mol. The van der Waals surface area contributed by atoms with Crippen molar-refractivity contribution in [1.29, 1.82) is 0 Å². The molecule has 4 rings (SSSR count). The summed E-state index contributed by atoms with van der Waals surface area (Å²) in [4.78, 5) is 0. The Labute approximate surface area is 152 Å². The topological polar surface area (TPSA) is 29.5 Å². The lowest BCUT2D eigenvalue weighted by molar-refractivity contribution is -0.0901. The van der Waals surface area contributed by atoms with E-state index in [1.807, 2.05) is 6.92 Å². The molecule has 0 bridgehead atoms. The number of hydrogen-bond donors (Lipinski definition) is 1. The molecule has 2 fully saturated rings. The molecule has 5 atom stereocenters. The molecule has 1 aromatic rings. The van der Waals surface area contributed by atoms with E-state index in [1.54, 1.807) is 5.56 Å². The van der Waals surface area contributed by atoms with Gasteiger partial charge in [0.2, 0.25) is 0 Å². The summed E-state index contributed by atoms with van der Waals surface area (Å²) < 4.78 is 5.85. The molecule has 136 valence electrons. The molecule has 3 aliphatic rings. The van der Waals surface area contributed by atoms with Crippen LogP contribution in [0, 0.1) is 17.3 Å². The van der Waals surface area contributed by atoms with E-state index in [4.69, 9.17) is 4.74 Å². The minimum Gasteiger partial charge on any atom is -0.489 e. The molecule has 0 aliphatic heterocycles. The van der Waals surface area contributed by atoms with Gasteiger partial charge in [0.25, 0.3) is 0 Å². The Balaban J connectivity index is 1.59. The van der Waals surface area contributed by atoms with Crippen LogP contribution < -0.4 is 4.74 Å². The van der Waals surface area contributed by atoms with Crippen LogP contribution in [-0.2, 0) is 6.42 Å². The average molecular weight is 341 g/mol. The van der Waals surface area contributed by atoms with Gasteiger partial charge in [-0.3, -0.25) is 0 Å². The highest BCUT2D eigenvalue weighted by Gasteiger charge is 2.59. The van der Waals surface area contributed by atoms with E-state index < -0.39 is 5.60 Å². The molecule has 2 nitrogen and oxygen atoms in total. The van der Waals surface area contributed by atoms with Gasteiger partial charge in [-0.25, -0.2) is 0 Å². The Kier molecular flexibility index (Phi) is 4.03. The van der Waals surface area contributed by atoms with Crippen molar-refractivity contribution in [2.75, 3.05) is 6.61 Å². The number of rotatable bonds is 3. The van der Waals surface area contributed by atoms with Gasteiger partial charge in [0.15, 0.2) is 0 Å². The lowest BCUT2D eigenvalue weighted by atomic mass is 9.53. The van der Waals surface area contributed by atoms with Crippen molar-refractivity contribution in [2.45, 2.75) is 70.8 Å². The lowest BCUT2D eigenvalue weighted by Gasteiger charge is -2.52. The summed E-state index contributed by atoms with van der Waals surface area (Å²) in [5.74, 6) is 3.06. The molecule has 3 aliphatic carbocycles. The number of aryl methyl sites for hydroxylation is 1. The van der Waals surface area contributed by atoms with Gasteiger partial charge in [-0.15, -0.1) is 0 Å². The van der Waals surface area contributed by atoms with Crippen LogP contribution >= 0.6 is 0 Å². The van der Waals surface area contributed by atoms with Crippen molar-refractivity contribution < 1.29 is 9.84 Å². The van der Waals surface area contributed by atoms with Crippen molar-refractivity contribution in [3.05, 3.63) is 41.5 Å². The molecular formula is C23H32O2. The normalized spacial score (nSPS) is 39.3. The summed E-state index contributed by atoms with van der Waals surface area (Å²) in [5, 5.41) is 11.0. The van der Waals surface area contributed by atoms with E-state index in [0.717, 1.165) is 36.5 Å². The Morgan fingerprint density at radius 2 is 2.04 bits per heavy atom. The molecule has 2 heteroatoms. The van der Waals surface area contributed by atoms with Crippen LogP contribution in [0.15, 0.2) is 30.4 Å². The van der Waals surface area contributed by atoms with Crippen molar-refractivity contribution in [3.8, 4) is 5.75 Å². The predicted octanol–water partition coefficient (Wildman–Crippen LogP) is 5.25. The van der Waals surface area contributed by atoms with Crippen LogP contribution in [0.2, 0.25) is 0 Å². The first-order valence-electron chi connectivity index (χ1n) is 9.94.